The number of fused-ring (bicyclic) bond motifs is 1. The van der Waals surface area contributed by atoms with E-state index < -0.39 is 5.41 Å². The molecule has 0 radical (unpaired) electrons. The number of piperidine rings is 1. The zero-order valence-corrected chi connectivity index (χ0v) is 23.3. The molecular weight excluding hydrogens is 496 g/mol. The smallest absolute Gasteiger partial charge is 0.255 e. The largest absolute Gasteiger partial charge is 0.491 e. The molecule has 1 spiro atoms. The highest BCUT2D eigenvalue weighted by Gasteiger charge is 2.41. The number of hydrogen-bond donors (Lipinski definition) is 3. The summed E-state index contributed by atoms with van der Waals surface area (Å²) in [6.07, 6.45) is 7.50. The van der Waals surface area contributed by atoms with E-state index in [-0.39, 0.29) is 42.8 Å². The number of benzene rings is 1. The number of nitrogens with zero attached hydrogens (tertiary/aromatic N) is 3. The lowest BCUT2D eigenvalue weighted by molar-refractivity contribution is -0.135. The van der Waals surface area contributed by atoms with Crippen LogP contribution in [0.15, 0.2) is 42.6 Å². The molecule has 1 saturated heterocycles. The topological polar surface area (TPSA) is 118 Å². The van der Waals surface area contributed by atoms with Crippen molar-refractivity contribution in [2.45, 2.75) is 46.1 Å². The number of anilines is 1. The van der Waals surface area contributed by atoms with E-state index in [1.54, 1.807) is 23.0 Å². The number of nitrogens with one attached hydrogen (secondary N) is 3. The van der Waals surface area contributed by atoms with E-state index in [0.29, 0.717) is 55.9 Å². The van der Waals surface area contributed by atoms with Crippen LogP contribution in [0.25, 0.3) is 0 Å². The molecule has 3 N–H and O–H groups in total. The highest BCUT2D eigenvalue weighted by molar-refractivity contribution is 5.97. The van der Waals surface area contributed by atoms with Crippen LogP contribution in [0.4, 0.5) is 5.69 Å². The van der Waals surface area contributed by atoms with E-state index in [1.807, 2.05) is 52.1 Å². The fourth-order valence-corrected chi connectivity index (χ4v) is 5.10. The minimum atomic E-state index is -0.595. The summed E-state index contributed by atoms with van der Waals surface area (Å²) in [6, 6.07) is 6.94. The van der Waals surface area contributed by atoms with Crippen LogP contribution in [0.5, 0.6) is 5.75 Å². The molecule has 4 rings (SSSR count). The first-order chi connectivity index (χ1) is 18.7. The molecule has 0 bridgehead atoms. The molecule has 3 heterocycles. The molecule has 0 unspecified atom stereocenters. The first-order valence-corrected chi connectivity index (χ1v) is 13.7. The molecular formula is C29H40N6O4. The Morgan fingerprint density at radius 2 is 1.95 bits per heavy atom. The Morgan fingerprint density at radius 1 is 1.21 bits per heavy atom. The number of carbonyl (C=O) groups is 3. The van der Waals surface area contributed by atoms with Gasteiger partial charge in [0.2, 0.25) is 11.8 Å². The maximum absolute atomic E-state index is 13.8. The average Bonchev–Trinajstić information content (AvgIpc) is 3.22. The Labute approximate surface area is 230 Å². The third-order valence-corrected chi connectivity index (χ3v) is 7.68. The van der Waals surface area contributed by atoms with Crippen LogP contribution in [-0.2, 0) is 16.6 Å². The van der Waals surface area contributed by atoms with Crippen molar-refractivity contribution in [2.75, 3.05) is 38.1 Å². The van der Waals surface area contributed by atoms with Gasteiger partial charge in [-0.3, -0.25) is 24.0 Å². The summed E-state index contributed by atoms with van der Waals surface area (Å²) < 4.78 is 7.74. The third-order valence-electron chi connectivity index (χ3n) is 7.68. The molecule has 1 fully saturated rings. The lowest BCUT2D eigenvalue weighted by Crippen LogP contribution is -2.54. The van der Waals surface area contributed by atoms with Gasteiger partial charge >= 0.3 is 0 Å². The van der Waals surface area contributed by atoms with Crippen molar-refractivity contribution in [1.82, 2.24) is 25.3 Å². The van der Waals surface area contributed by atoms with Crippen LogP contribution in [-0.4, -0.2) is 71.2 Å². The summed E-state index contributed by atoms with van der Waals surface area (Å²) in [7, 11) is 1.82. The third kappa shape index (κ3) is 7.06. The van der Waals surface area contributed by atoms with Crippen LogP contribution in [0.2, 0.25) is 0 Å². The molecule has 1 atom stereocenters. The lowest BCUT2D eigenvalue weighted by atomic mass is 9.74. The van der Waals surface area contributed by atoms with Crippen molar-refractivity contribution >= 4 is 23.4 Å². The van der Waals surface area contributed by atoms with E-state index >= 15 is 0 Å². The Morgan fingerprint density at radius 3 is 2.64 bits per heavy atom. The van der Waals surface area contributed by atoms with Gasteiger partial charge in [0, 0.05) is 19.8 Å². The Balaban J connectivity index is 1.44. The van der Waals surface area contributed by atoms with Crippen molar-refractivity contribution in [3.05, 3.63) is 53.9 Å². The first-order valence-electron chi connectivity index (χ1n) is 13.7. The van der Waals surface area contributed by atoms with Crippen molar-refractivity contribution in [2.24, 2.45) is 18.4 Å². The average molecular weight is 537 g/mol. The standard InChI is InChI=1S/C29H40N6O4/c1-20(2)24-19-39-25-10-6-5-9-22(25)27(37)30-14-8-7-11-29(28(38)32-24)12-15-35(16-13-29)18-26(36)31-23-17-34(4)33-21(23)3/h5-10,17,20,24H,11-16,18-19H2,1-4H3,(H,30,37)(H,31,36)(H,32,38)/b8-7+/t24-/m0/s1. The molecule has 0 aliphatic carbocycles. The van der Waals surface area contributed by atoms with Gasteiger partial charge in [-0.1, -0.05) is 38.1 Å². The molecule has 1 aromatic heterocycles. The number of carbonyl (C=O) groups excluding carboxylic acids is 3. The van der Waals surface area contributed by atoms with Crippen LogP contribution in [0.1, 0.15) is 49.2 Å². The minimum Gasteiger partial charge on any atom is -0.491 e. The predicted octanol–water partition coefficient (Wildman–Crippen LogP) is 2.66. The lowest BCUT2D eigenvalue weighted by Gasteiger charge is -2.41. The summed E-state index contributed by atoms with van der Waals surface area (Å²) in [4.78, 5) is 41.4. The SMILES string of the molecule is Cc1nn(C)cc1NC(=O)CN1CCC2(C/C=C/CNC(=O)c3ccccc3OC[C@@H](C(C)C)NC2=O)CC1. The molecule has 1 aromatic carbocycles. The zero-order chi connectivity index (χ0) is 28.0. The molecule has 210 valence electrons. The maximum Gasteiger partial charge on any atom is 0.255 e. The molecule has 39 heavy (non-hydrogen) atoms. The summed E-state index contributed by atoms with van der Waals surface area (Å²) in [5.41, 5.74) is 1.37. The van der Waals surface area contributed by atoms with Gasteiger partial charge in [-0.15, -0.1) is 0 Å². The highest BCUT2D eigenvalue weighted by atomic mass is 16.5. The first kappa shape index (κ1) is 28.4. The number of allylic oxidation sites excluding steroid dienone is 1. The van der Waals surface area contributed by atoms with Crippen molar-refractivity contribution in [1.29, 1.82) is 0 Å². The minimum absolute atomic E-state index is 0.0129. The second-order valence-corrected chi connectivity index (χ2v) is 10.9. The molecule has 0 saturated carbocycles. The number of aromatic nitrogens is 2. The number of aryl methyl sites for hydroxylation is 2. The second kappa shape index (κ2) is 12.5. The van der Waals surface area contributed by atoms with E-state index in [0.717, 1.165) is 5.69 Å². The van der Waals surface area contributed by atoms with Crippen LogP contribution in [0, 0.1) is 18.3 Å². The van der Waals surface area contributed by atoms with Gasteiger partial charge in [-0.25, -0.2) is 0 Å². The zero-order valence-electron chi connectivity index (χ0n) is 23.3. The molecule has 2 aromatic rings. The molecule has 3 amide bonds. The van der Waals surface area contributed by atoms with Gasteiger partial charge in [0.1, 0.15) is 12.4 Å². The Bertz CT molecular complexity index is 1210. The molecule has 10 nitrogen and oxygen atoms in total. The second-order valence-electron chi connectivity index (χ2n) is 10.9. The summed E-state index contributed by atoms with van der Waals surface area (Å²) in [5, 5.41) is 13.4. The molecule has 2 aliphatic rings. The fraction of sp³-hybridized carbons (Fsp3) is 0.517. The van der Waals surface area contributed by atoms with Gasteiger partial charge in [-0.05, 0) is 57.3 Å². The van der Waals surface area contributed by atoms with Crippen LogP contribution >= 0.6 is 0 Å². The maximum atomic E-state index is 13.8. The highest BCUT2D eigenvalue weighted by Crippen LogP contribution is 2.36. The normalized spacial score (nSPS) is 21.3. The monoisotopic (exact) mass is 536 g/mol. The van der Waals surface area contributed by atoms with Crippen molar-refractivity contribution in [3.63, 3.8) is 0 Å². The number of likely N-dealkylation sites (tertiary alicyclic amines) is 1. The number of amides is 3. The number of ether oxygens (including phenoxy) is 1. The van der Waals surface area contributed by atoms with Crippen LogP contribution < -0.4 is 20.7 Å². The summed E-state index contributed by atoms with van der Waals surface area (Å²) in [5.74, 6) is 0.360. The van der Waals surface area contributed by atoms with Gasteiger partial charge in [-0.2, -0.15) is 5.10 Å². The quantitative estimate of drug-likeness (QED) is 0.518. The predicted molar refractivity (Wildman–Crippen MR) is 149 cm³/mol. The van der Waals surface area contributed by atoms with Crippen LogP contribution in [0.3, 0.4) is 0 Å². The fourth-order valence-electron chi connectivity index (χ4n) is 5.10. The van der Waals surface area contributed by atoms with Crippen molar-refractivity contribution < 1.29 is 19.1 Å². The van der Waals surface area contributed by atoms with E-state index in [2.05, 4.69) is 25.9 Å². The van der Waals surface area contributed by atoms with Gasteiger partial charge < -0.3 is 20.7 Å². The van der Waals surface area contributed by atoms with Gasteiger partial charge in [0.15, 0.2) is 0 Å². The van der Waals surface area contributed by atoms with Gasteiger partial charge in [0.05, 0.1) is 34.9 Å². The number of hydrogen-bond acceptors (Lipinski definition) is 6. The Hall–Kier alpha value is -3.66. The Kier molecular flexibility index (Phi) is 9.06. The van der Waals surface area contributed by atoms with Gasteiger partial charge in [0.25, 0.3) is 5.91 Å². The van der Waals surface area contributed by atoms with E-state index in [1.165, 1.54) is 0 Å². The summed E-state index contributed by atoms with van der Waals surface area (Å²) in [6.45, 7) is 8.11. The van der Waals surface area contributed by atoms with E-state index in [4.69, 9.17) is 4.74 Å². The molecule has 2 aliphatic heterocycles. The van der Waals surface area contributed by atoms with E-state index in [9.17, 15) is 14.4 Å². The van der Waals surface area contributed by atoms with Crippen molar-refractivity contribution in [3.8, 4) is 5.75 Å². The number of para-hydroxylation sites is 1. The number of rotatable bonds is 4. The molecule has 10 heteroatoms. The summed E-state index contributed by atoms with van der Waals surface area (Å²) >= 11 is 0.